The van der Waals surface area contributed by atoms with Crippen molar-refractivity contribution < 1.29 is 9.59 Å². The van der Waals surface area contributed by atoms with Crippen molar-refractivity contribution in [2.45, 2.75) is 33.2 Å². The molecule has 4 nitrogen and oxygen atoms in total. The minimum Gasteiger partial charge on any atom is -0.373 e. The fraction of sp³-hybridized carbons (Fsp3) is 0.263. The maximum Gasteiger partial charge on any atom is 0.256 e. The fourth-order valence-electron chi connectivity index (χ4n) is 2.87. The van der Waals surface area contributed by atoms with Crippen molar-refractivity contribution in [3.05, 3.63) is 59.2 Å². The van der Waals surface area contributed by atoms with E-state index >= 15 is 0 Å². The lowest BCUT2D eigenvalue weighted by atomic mass is 10.1. The zero-order valence-electron chi connectivity index (χ0n) is 13.6. The van der Waals surface area contributed by atoms with Gasteiger partial charge in [-0.2, -0.15) is 0 Å². The summed E-state index contributed by atoms with van der Waals surface area (Å²) in [7, 11) is 0. The van der Waals surface area contributed by atoms with E-state index < -0.39 is 6.04 Å². The second kappa shape index (κ2) is 5.88. The molecule has 0 aromatic heterocycles. The second-order valence-electron chi connectivity index (χ2n) is 6.12. The Labute approximate surface area is 136 Å². The molecule has 23 heavy (non-hydrogen) atoms. The van der Waals surface area contributed by atoms with Crippen LogP contribution in [0.4, 0.5) is 11.4 Å². The highest BCUT2D eigenvalue weighted by Crippen LogP contribution is 2.26. The number of carbonyl (C=O) groups excluding carboxylic acids is 2. The zero-order chi connectivity index (χ0) is 16.6. The van der Waals surface area contributed by atoms with Crippen LogP contribution in [0.2, 0.25) is 0 Å². The third kappa shape index (κ3) is 2.97. The summed E-state index contributed by atoms with van der Waals surface area (Å²) in [5.74, 6) is -0.361. The highest BCUT2D eigenvalue weighted by molar-refractivity contribution is 6.23. The molecule has 0 saturated carbocycles. The quantitative estimate of drug-likeness (QED) is 0.885. The van der Waals surface area contributed by atoms with E-state index in [2.05, 4.69) is 11.4 Å². The Morgan fingerprint density at radius 2 is 1.61 bits per heavy atom. The number of imide groups is 1. The summed E-state index contributed by atoms with van der Waals surface area (Å²) in [6, 6.07) is 12.9. The molecule has 1 heterocycles. The highest BCUT2D eigenvalue weighted by Gasteiger charge is 2.39. The van der Waals surface area contributed by atoms with Gasteiger partial charge in [0.15, 0.2) is 0 Å². The highest BCUT2D eigenvalue weighted by atomic mass is 16.2. The molecule has 2 aromatic carbocycles. The summed E-state index contributed by atoms with van der Waals surface area (Å²) in [5.41, 5.74) is 4.86. The standard InChI is InChI=1S/C19H20N2O2/c1-12-4-7-15(8-5-12)21-18(22)11-17(19(21)23)20-16-9-6-13(2)10-14(16)3/h4-10,17,20H,11H2,1-3H3/t17-/m0/s1. The summed E-state index contributed by atoms with van der Waals surface area (Å²) >= 11 is 0. The van der Waals surface area contributed by atoms with E-state index in [9.17, 15) is 9.59 Å². The first-order valence-electron chi connectivity index (χ1n) is 7.73. The Kier molecular flexibility index (Phi) is 3.90. The van der Waals surface area contributed by atoms with E-state index in [0.29, 0.717) is 5.69 Å². The molecule has 0 unspecified atom stereocenters. The van der Waals surface area contributed by atoms with Crippen LogP contribution in [0.15, 0.2) is 42.5 Å². The van der Waals surface area contributed by atoms with E-state index in [4.69, 9.17) is 0 Å². The monoisotopic (exact) mass is 308 g/mol. The Bertz CT molecular complexity index is 765. The lowest BCUT2D eigenvalue weighted by molar-refractivity contribution is -0.121. The zero-order valence-corrected chi connectivity index (χ0v) is 13.6. The molecule has 1 aliphatic rings. The molecule has 3 rings (SSSR count). The largest absolute Gasteiger partial charge is 0.373 e. The van der Waals surface area contributed by atoms with Crippen LogP contribution in [-0.4, -0.2) is 17.9 Å². The van der Waals surface area contributed by atoms with Crippen molar-refractivity contribution >= 4 is 23.2 Å². The Balaban J connectivity index is 1.82. The number of carbonyl (C=O) groups is 2. The number of nitrogens with zero attached hydrogens (tertiary/aromatic N) is 1. The number of hydrogen-bond donors (Lipinski definition) is 1. The van der Waals surface area contributed by atoms with Crippen molar-refractivity contribution in [3.63, 3.8) is 0 Å². The molecule has 1 fully saturated rings. The molecule has 1 saturated heterocycles. The molecule has 0 spiro atoms. The molecule has 118 valence electrons. The van der Waals surface area contributed by atoms with Crippen LogP contribution in [0, 0.1) is 20.8 Å². The van der Waals surface area contributed by atoms with Crippen LogP contribution in [0.1, 0.15) is 23.1 Å². The van der Waals surface area contributed by atoms with Gasteiger partial charge in [-0.25, -0.2) is 4.90 Å². The summed E-state index contributed by atoms with van der Waals surface area (Å²) < 4.78 is 0. The number of hydrogen-bond acceptors (Lipinski definition) is 3. The van der Waals surface area contributed by atoms with Crippen LogP contribution in [0.25, 0.3) is 0 Å². The number of anilines is 2. The molecule has 1 aliphatic heterocycles. The van der Waals surface area contributed by atoms with Crippen LogP contribution in [0.3, 0.4) is 0 Å². The SMILES string of the molecule is Cc1ccc(N2C(=O)C[C@H](Nc3ccc(C)cc3C)C2=O)cc1. The van der Waals surface area contributed by atoms with E-state index in [-0.39, 0.29) is 18.2 Å². The first-order valence-corrected chi connectivity index (χ1v) is 7.73. The minimum absolute atomic E-state index is 0.166. The molecule has 1 atom stereocenters. The number of aryl methyl sites for hydroxylation is 3. The van der Waals surface area contributed by atoms with Gasteiger partial charge in [0, 0.05) is 5.69 Å². The first kappa shape index (κ1) is 15.3. The van der Waals surface area contributed by atoms with Gasteiger partial charge in [0.1, 0.15) is 6.04 Å². The van der Waals surface area contributed by atoms with Gasteiger partial charge in [-0.3, -0.25) is 9.59 Å². The van der Waals surface area contributed by atoms with Crippen LogP contribution < -0.4 is 10.2 Å². The van der Waals surface area contributed by atoms with Crippen molar-refractivity contribution in [1.29, 1.82) is 0 Å². The molecule has 0 aliphatic carbocycles. The number of nitrogens with one attached hydrogen (secondary N) is 1. The van der Waals surface area contributed by atoms with Gasteiger partial charge in [0.05, 0.1) is 12.1 Å². The predicted molar refractivity (Wildman–Crippen MR) is 91.6 cm³/mol. The molecule has 2 aromatic rings. The Hall–Kier alpha value is -2.62. The van der Waals surface area contributed by atoms with Gasteiger partial charge in [-0.15, -0.1) is 0 Å². The van der Waals surface area contributed by atoms with E-state index in [1.165, 1.54) is 10.5 Å². The molecule has 4 heteroatoms. The third-order valence-electron chi connectivity index (χ3n) is 4.15. The fourth-order valence-corrected chi connectivity index (χ4v) is 2.87. The van der Waals surface area contributed by atoms with Crippen LogP contribution >= 0.6 is 0 Å². The minimum atomic E-state index is -0.509. The molecule has 0 bridgehead atoms. The van der Waals surface area contributed by atoms with Crippen molar-refractivity contribution in [1.82, 2.24) is 0 Å². The van der Waals surface area contributed by atoms with Gasteiger partial charge in [-0.05, 0) is 44.5 Å². The van der Waals surface area contributed by atoms with E-state index in [1.54, 1.807) is 0 Å². The van der Waals surface area contributed by atoms with Crippen LogP contribution in [0.5, 0.6) is 0 Å². The van der Waals surface area contributed by atoms with E-state index in [0.717, 1.165) is 16.8 Å². The summed E-state index contributed by atoms with van der Waals surface area (Å²) in [5, 5.41) is 3.22. The van der Waals surface area contributed by atoms with E-state index in [1.807, 2.05) is 57.2 Å². The summed E-state index contributed by atoms with van der Waals surface area (Å²) in [6.07, 6.45) is 0.181. The summed E-state index contributed by atoms with van der Waals surface area (Å²) in [6.45, 7) is 6.00. The lowest BCUT2D eigenvalue weighted by Gasteiger charge is -2.17. The van der Waals surface area contributed by atoms with Gasteiger partial charge in [0.25, 0.3) is 5.91 Å². The molecule has 0 radical (unpaired) electrons. The Morgan fingerprint density at radius 3 is 2.26 bits per heavy atom. The average molecular weight is 308 g/mol. The van der Waals surface area contributed by atoms with Crippen molar-refractivity contribution in [2.75, 3.05) is 10.2 Å². The maximum atomic E-state index is 12.6. The molecule has 1 N–H and O–H groups in total. The molecular formula is C19H20N2O2. The van der Waals surface area contributed by atoms with Gasteiger partial charge in [0.2, 0.25) is 5.91 Å². The topological polar surface area (TPSA) is 49.4 Å². The predicted octanol–water partition coefficient (Wildman–Crippen LogP) is 3.36. The van der Waals surface area contributed by atoms with Crippen molar-refractivity contribution in [2.24, 2.45) is 0 Å². The van der Waals surface area contributed by atoms with Gasteiger partial charge in [-0.1, -0.05) is 35.4 Å². The van der Waals surface area contributed by atoms with Crippen LogP contribution in [-0.2, 0) is 9.59 Å². The smallest absolute Gasteiger partial charge is 0.256 e. The third-order valence-corrected chi connectivity index (χ3v) is 4.15. The number of benzene rings is 2. The Morgan fingerprint density at radius 1 is 0.957 bits per heavy atom. The lowest BCUT2D eigenvalue weighted by Crippen LogP contribution is -2.34. The molecular weight excluding hydrogens is 288 g/mol. The summed E-state index contributed by atoms with van der Waals surface area (Å²) in [4.78, 5) is 26.2. The van der Waals surface area contributed by atoms with Gasteiger partial charge < -0.3 is 5.32 Å². The number of amides is 2. The average Bonchev–Trinajstić information content (AvgIpc) is 2.78. The molecule has 2 amide bonds. The maximum absolute atomic E-state index is 12.6. The normalized spacial score (nSPS) is 17.7. The van der Waals surface area contributed by atoms with Gasteiger partial charge >= 0.3 is 0 Å². The van der Waals surface area contributed by atoms with Crippen molar-refractivity contribution in [3.8, 4) is 0 Å². The second-order valence-corrected chi connectivity index (χ2v) is 6.12. The first-order chi connectivity index (χ1) is 11.0. The number of rotatable bonds is 3.